The molecule has 0 spiro atoms. The van der Waals surface area contributed by atoms with Crippen molar-refractivity contribution in [2.45, 2.75) is 66.2 Å². The van der Waals surface area contributed by atoms with Crippen LogP contribution < -0.4 is 4.74 Å². The molecule has 5 heteroatoms. The smallest absolute Gasteiger partial charge is 0.162 e. The van der Waals surface area contributed by atoms with Crippen LogP contribution in [0.2, 0.25) is 0 Å². The van der Waals surface area contributed by atoms with Gasteiger partial charge in [-0.15, -0.1) is 0 Å². The first kappa shape index (κ1) is 22.3. The van der Waals surface area contributed by atoms with E-state index in [1.807, 2.05) is 32.2 Å². The molecule has 0 amide bonds. The van der Waals surface area contributed by atoms with Gasteiger partial charge in [-0.2, -0.15) is 0 Å². The van der Waals surface area contributed by atoms with E-state index in [-0.39, 0.29) is 28.3 Å². The lowest BCUT2D eigenvalue weighted by molar-refractivity contribution is -0.119. The lowest BCUT2D eigenvalue weighted by Gasteiger charge is -2.47. The number of benzene rings is 1. The van der Waals surface area contributed by atoms with E-state index < -0.39 is 0 Å². The molecule has 0 saturated heterocycles. The first-order valence-corrected chi connectivity index (χ1v) is 11.9. The Morgan fingerprint density at radius 1 is 0.968 bits per heavy atom. The molecule has 0 atom stereocenters. The highest BCUT2D eigenvalue weighted by Gasteiger charge is 2.48. The van der Waals surface area contributed by atoms with E-state index in [4.69, 9.17) is 4.74 Å². The van der Waals surface area contributed by atoms with Crippen molar-refractivity contribution in [1.82, 2.24) is 4.90 Å². The maximum atomic E-state index is 13.5. The molecular formula is C26H32BrNO3. The zero-order valence-electron chi connectivity index (χ0n) is 19.4. The molecule has 1 heterocycles. The molecule has 0 fully saturated rings. The predicted octanol–water partition coefficient (Wildman–Crippen LogP) is 6.16. The van der Waals surface area contributed by atoms with Gasteiger partial charge >= 0.3 is 0 Å². The highest BCUT2D eigenvalue weighted by Crippen LogP contribution is 2.54. The Morgan fingerprint density at radius 3 is 1.94 bits per heavy atom. The second-order valence-electron chi connectivity index (χ2n) is 10.7. The topological polar surface area (TPSA) is 46.6 Å². The number of nitrogens with zero attached hydrogens (tertiary/aromatic N) is 1. The first-order chi connectivity index (χ1) is 14.4. The fourth-order valence-electron chi connectivity index (χ4n) is 5.47. The average Bonchev–Trinajstić information content (AvgIpc) is 2.64. The maximum absolute atomic E-state index is 13.5. The normalized spacial score (nSPS) is 23.1. The van der Waals surface area contributed by atoms with Crippen LogP contribution >= 0.6 is 15.9 Å². The molecule has 0 bridgehead atoms. The SMILES string of the molecule is CCOc1ccc(C2C3=C(CC(C)(C)CC3=O)N(C)C3=C2C(=O)CC(C)(C)C3)cc1Br. The zero-order chi connectivity index (χ0) is 22.7. The Labute approximate surface area is 193 Å². The molecule has 0 unspecified atom stereocenters. The maximum Gasteiger partial charge on any atom is 0.162 e. The number of rotatable bonds is 3. The molecule has 31 heavy (non-hydrogen) atoms. The number of allylic oxidation sites excluding steroid dienone is 4. The Morgan fingerprint density at radius 2 is 1.48 bits per heavy atom. The lowest BCUT2D eigenvalue weighted by atomic mass is 9.64. The second-order valence-corrected chi connectivity index (χ2v) is 11.6. The van der Waals surface area contributed by atoms with Crippen LogP contribution in [0.4, 0.5) is 0 Å². The minimum atomic E-state index is -0.305. The van der Waals surface area contributed by atoms with Gasteiger partial charge < -0.3 is 9.64 Å². The van der Waals surface area contributed by atoms with Gasteiger partial charge in [-0.25, -0.2) is 0 Å². The first-order valence-electron chi connectivity index (χ1n) is 11.1. The van der Waals surface area contributed by atoms with E-state index >= 15 is 0 Å². The number of halogens is 1. The van der Waals surface area contributed by atoms with Gasteiger partial charge in [0, 0.05) is 48.3 Å². The standard InChI is InChI=1S/C26H32BrNO3/c1-7-31-21-9-8-15(10-16(21)27)22-23-17(11-25(2,3)13-19(23)29)28(6)18-12-26(4,5)14-20(30)24(18)22/h8-10,22H,7,11-14H2,1-6H3. The molecule has 3 aliphatic rings. The van der Waals surface area contributed by atoms with E-state index in [9.17, 15) is 9.59 Å². The molecule has 1 aromatic rings. The molecular weight excluding hydrogens is 454 g/mol. The zero-order valence-corrected chi connectivity index (χ0v) is 21.0. The van der Waals surface area contributed by atoms with Crippen LogP contribution in [0.3, 0.4) is 0 Å². The fraction of sp³-hybridized carbons (Fsp3) is 0.538. The van der Waals surface area contributed by atoms with Crippen LogP contribution in [0.5, 0.6) is 5.75 Å². The molecule has 0 radical (unpaired) electrons. The molecule has 4 nitrogen and oxygen atoms in total. The van der Waals surface area contributed by atoms with E-state index in [0.717, 1.165) is 51.2 Å². The number of hydrogen-bond donors (Lipinski definition) is 0. The fourth-order valence-corrected chi connectivity index (χ4v) is 5.98. The van der Waals surface area contributed by atoms with Crippen LogP contribution in [-0.4, -0.2) is 30.1 Å². The third-order valence-electron chi connectivity index (χ3n) is 6.77. The summed E-state index contributed by atoms with van der Waals surface area (Å²) in [6, 6.07) is 5.98. The van der Waals surface area contributed by atoms with E-state index in [1.54, 1.807) is 0 Å². The minimum absolute atomic E-state index is 0.0829. The minimum Gasteiger partial charge on any atom is -0.493 e. The van der Waals surface area contributed by atoms with Crippen LogP contribution in [-0.2, 0) is 9.59 Å². The van der Waals surface area contributed by atoms with Crippen LogP contribution in [0.1, 0.15) is 71.8 Å². The van der Waals surface area contributed by atoms with Gasteiger partial charge in [0.2, 0.25) is 0 Å². The summed E-state index contributed by atoms with van der Waals surface area (Å²) in [7, 11) is 2.04. The summed E-state index contributed by atoms with van der Waals surface area (Å²) in [5.41, 5.74) is 4.60. The Hall–Kier alpha value is -1.88. The molecule has 0 aromatic heterocycles. The summed E-state index contributed by atoms with van der Waals surface area (Å²) < 4.78 is 6.54. The number of ether oxygens (including phenoxy) is 1. The van der Waals surface area contributed by atoms with Crippen molar-refractivity contribution in [2.75, 3.05) is 13.7 Å². The van der Waals surface area contributed by atoms with Crippen molar-refractivity contribution in [3.63, 3.8) is 0 Å². The van der Waals surface area contributed by atoms with Crippen molar-refractivity contribution >= 4 is 27.5 Å². The largest absolute Gasteiger partial charge is 0.493 e. The summed E-state index contributed by atoms with van der Waals surface area (Å²) >= 11 is 3.63. The predicted molar refractivity (Wildman–Crippen MR) is 126 cm³/mol. The number of carbonyl (C=O) groups excluding carboxylic acids is 2. The van der Waals surface area contributed by atoms with E-state index in [1.165, 1.54) is 0 Å². The van der Waals surface area contributed by atoms with Crippen LogP contribution in [0, 0.1) is 10.8 Å². The molecule has 4 rings (SSSR count). The Bertz CT molecular complexity index is 977. The van der Waals surface area contributed by atoms with Crippen LogP contribution in [0.15, 0.2) is 45.2 Å². The number of ketones is 2. The summed E-state index contributed by atoms with van der Waals surface area (Å²) in [5, 5.41) is 0. The van der Waals surface area contributed by atoms with Gasteiger partial charge in [-0.1, -0.05) is 33.8 Å². The Balaban J connectivity index is 1.93. The van der Waals surface area contributed by atoms with Crippen molar-refractivity contribution in [3.8, 4) is 5.75 Å². The Kier molecular flexibility index (Phi) is 5.48. The number of hydrogen-bond acceptors (Lipinski definition) is 4. The molecule has 1 aliphatic heterocycles. The van der Waals surface area contributed by atoms with Crippen LogP contribution in [0.25, 0.3) is 0 Å². The van der Waals surface area contributed by atoms with Gasteiger partial charge in [0.1, 0.15) is 5.75 Å². The third kappa shape index (κ3) is 3.90. The van der Waals surface area contributed by atoms with Gasteiger partial charge in [0.25, 0.3) is 0 Å². The van der Waals surface area contributed by atoms with Crippen molar-refractivity contribution in [1.29, 1.82) is 0 Å². The average molecular weight is 486 g/mol. The lowest BCUT2D eigenvalue weighted by Crippen LogP contribution is -2.43. The molecule has 0 N–H and O–H groups in total. The molecule has 166 valence electrons. The summed E-state index contributed by atoms with van der Waals surface area (Å²) in [5.74, 6) is 0.796. The monoisotopic (exact) mass is 485 g/mol. The van der Waals surface area contributed by atoms with E-state index in [2.05, 4.69) is 48.5 Å². The highest BCUT2D eigenvalue weighted by molar-refractivity contribution is 9.10. The number of carbonyl (C=O) groups is 2. The van der Waals surface area contributed by atoms with Crippen molar-refractivity contribution < 1.29 is 14.3 Å². The highest BCUT2D eigenvalue weighted by atomic mass is 79.9. The summed E-state index contributed by atoms with van der Waals surface area (Å²) in [4.78, 5) is 29.1. The van der Waals surface area contributed by atoms with Gasteiger partial charge in [-0.05, 0) is 64.2 Å². The molecule has 1 aromatic carbocycles. The van der Waals surface area contributed by atoms with Gasteiger partial charge in [0.15, 0.2) is 11.6 Å². The summed E-state index contributed by atoms with van der Waals surface area (Å²) in [6.07, 6.45) is 2.70. The second kappa shape index (κ2) is 7.61. The van der Waals surface area contributed by atoms with Gasteiger partial charge in [0.05, 0.1) is 11.1 Å². The van der Waals surface area contributed by atoms with E-state index in [0.29, 0.717) is 19.4 Å². The quantitative estimate of drug-likeness (QED) is 0.513. The summed E-state index contributed by atoms with van der Waals surface area (Å²) in [6.45, 7) is 11.2. The van der Waals surface area contributed by atoms with Crippen molar-refractivity contribution in [2.24, 2.45) is 10.8 Å². The molecule has 2 aliphatic carbocycles. The van der Waals surface area contributed by atoms with Crippen molar-refractivity contribution in [3.05, 3.63) is 50.8 Å². The van der Waals surface area contributed by atoms with Gasteiger partial charge in [-0.3, -0.25) is 9.59 Å². The molecule has 0 saturated carbocycles. The third-order valence-corrected chi connectivity index (χ3v) is 7.39. The number of Topliss-reactive ketones (excluding diaryl/α,β-unsaturated/α-hetero) is 2.